The van der Waals surface area contributed by atoms with Gasteiger partial charge in [0.25, 0.3) is 5.91 Å². The lowest BCUT2D eigenvalue weighted by Gasteiger charge is -2.09. The van der Waals surface area contributed by atoms with E-state index in [1.165, 1.54) is 24.4 Å². The van der Waals surface area contributed by atoms with E-state index < -0.39 is 0 Å². The zero-order chi connectivity index (χ0) is 16.8. The van der Waals surface area contributed by atoms with Crippen LogP contribution in [0.3, 0.4) is 0 Å². The second kappa shape index (κ2) is 7.51. The first kappa shape index (κ1) is 16.6. The van der Waals surface area contributed by atoms with Gasteiger partial charge < -0.3 is 15.5 Å². The minimum Gasteiger partial charge on any atom is -0.508 e. The molecule has 0 aliphatic rings. The Balaban J connectivity index is 1.87. The molecular weight excluding hydrogens is 318 g/mol. The van der Waals surface area contributed by atoms with Crippen LogP contribution in [0.25, 0.3) is 0 Å². The van der Waals surface area contributed by atoms with E-state index in [9.17, 15) is 15.0 Å². The van der Waals surface area contributed by atoms with Gasteiger partial charge in [0, 0.05) is 22.3 Å². The molecule has 2 aromatic carbocycles. The number of phenolic OH excluding ortho intramolecular Hbond substituents is 2. The fourth-order valence-electron chi connectivity index (χ4n) is 1.83. The number of carbonyl (C=O) groups excluding carboxylic acids is 1. The van der Waals surface area contributed by atoms with E-state index in [-0.39, 0.29) is 24.0 Å². The molecule has 1 amide bonds. The van der Waals surface area contributed by atoms with Gasteiger partial charge in [-0.3, -0.25) is 4.79 Å². The number of hydrogen-bond acceptors (Lipinski definition) is 5. The number of rotatable bonds is 5. The Bertz CT molecular complexity index is 747. The van der Waals surface area contributed by atoms with Crippen molar-refractivity contribution >= 4 is 29.4 Å². The number of hydrazone groups is 1. The Hall–Kier alpha value is -2.73. The molecule has 7 heteroatoms. The molecule has 0 saturated heterocycles. The number of anilines is 1. The summed E-state index contributed by atoms with van der Waals surface area (Å²) < 4.78 is 0. The van der Waals surface area contributed by atoms with E-state index in [0.29, 0.717) is 10.6 Å². The lowest BCUT2D eigenvalue weighted by Crippen LogP contribution is -2.26. The maximum absolute atomic E-state index is 11.7. The van der Waals surface area contributed by atoms with Crippen LogP contribution in [0.1, 0.15) is 11.1 Å². The van der Waals surface area contributed by atoms with E-state index in [0.717, 1.165) is 11.3 Å². The lowest BCUT2D eigenvalue weighted by atomic mass is 10.2. The van der Waals surface area contributed by atoms with Crippen LogP contribution in [0.15, 0.2) is 41.5 Å². The molecule has 0 spiro atoms. The number of aromatic hydroxyl groups is 2. The zero-order valence-electron chi connectivity index (χ0n) is 12.4. The number of carbonyl (C=O) groups is 1. The largest absolute Gasteiger partial charge is 0.508 e. The first-order valence-corrected chi connectivity index (χ1v) is 7.18. The van der Waals surface area contributed by atoms with Crippen molar-refractivity contribution in [3.8, 4) is 11.5 Å². The van der Waals surface area contributed by atoms with Gasteiger partial charge in [-0.15, -0.1) is 0 Å². The second-order valence-electron chi connectivity index (χ2n) is 4.80. The summed E-state index contributed by atoms with van der Waals surface area (Å²) in [5.74, 6) is -0.528. The zero-order valence-corrected chi connectivity index (χ0v) is 13.1. The number of amides is 1. The maximum atomic E-state index is 11.7. The van der Waals surface area contributed by atoms with Crippen LogP contribution in [0.4, 0.5) is 5.69 Å². The van der Waals surface area contributed by atoms with E-state index in [4.69, 9.17) is 11.6 Å². The van der Waals surface area contributed by atoms with Crippen molar-refractivity contribution in [3.05, 3.63) is 52.5 Å². The summed E-state index contributed by atoms with van der Waals surface area (Å²) >= 11 is 6.00. The number of nitrogens with zero attached hydrogens (tertiary/aromatic N) is 1. The van der Waals surface area contributed by atoms with E-state index in [2.05, 4.69) is 15.8 Å². The summed E-state index contributed by atoms with van der Waals surface area (Å²) in [4.78, 5) is 11.7. The Morgan fingerprint density at radius 1 is 1.30 bits per heavy atom. The monoisotopic (exact) mass is 333 g/mol. The minimum absolute atomic E-state index is 0.0279. The standard InChI is InChI=1S/C16H16ClN3O3/c1-10-13(17)3-2-4-14(10)18-9-16(23)20-19-8-11-5-6-12(21)7-15(11)22/h2-8,18,21-22H,9H2,1H3,(H,20,23)/b19-8+. The predicted molar refractivity (Wildman–Crippen MR) is 90.2 cm³/mol. The SMILES string of the molecule is Cc1c(Cl)cccc1NCC(=O)N/N=C/c1ccc(O)cc1O. The van der Waals surface area contributed by atoms with Gasteiger partial charge in [0.1, 0.15) is 11.5 Å². The van der Waals surface area contributed by atoms with Crippen molar-refractivity contribution in [1.82, 2.24) is 5.43 Å². The highest BCUT2D eigenvalue weighted by Gasteiger charge is 2.04. The number of phenols is 2. The van der Waals surface area contributed by atoms with Crippen LogP contribution in [0.2, 0.25) is 5.02 Å². The molecule has 2 aromatic rings. The second-order valence-corrected chi connectivity index (χ2v) is 5.21. The molecule has 0 aliphatic carbocycles. The first-order valence-electron chi connectivity index (χ1n) is 6.80. The lowest BCUT2D eigenvalue weighted by molar-refractivity contribution is -0.119. The van der Waals surface area contributed by atoms with Gasteiger partial charge in [-0.25, -0.2) is 5.43 Å². The van der Waals surface area contributed by atoms with Gasteiger partial charge in [-0.1, -0.05) is 17.7 Å². The highest BCUT2D eigenvalue weighted by Crippen LogP contribution is 2.22. The molecule has 23 heavy (non-hydrogen) atoms. The summed E-state index contributed by atoms with van der Waals surface area (Å²) in [6.45, 7) is 1.88. The van der Waals surface area contributed by atoms with Crippen LogP contribution >= 0.6 is 11.6 Å². The molecule has 120 valence electrons. The number of hydrogen-bond donors (Lipinski definition) is 4. The highest BCUT2D eigenvalue weighted by atomic mass is 35.5. The van der Waals surface area contributed by atoms with Crippen molar-refractivity contribution in [2.75, 3.05) is 11.9 Å². The average Bonchev–Trinajstić information content (AvgIpc) is 2.51. The van der Waals surface area contributed by atoms with Crippen molar-refractivity contribution < 1.29 is 15.0 Å². The summed E-state index contributed by atoms with van der Waals surface area (Å²) in [6.07, 6.45) is 1.29. The summed E-state index contributed by atoms with van der Waals surface area (Å²) in [6, 6.07) is 9.47. The number of nitrogens with one attached hydrogen (secondary N) is 2. The van der Waals surface area contributed by atoms with Crippen LogP contribution in [0.5, 0.6) is 11.5 Å². The third-order valence-corrected chi connectivity index (χ3v) is 3.52. The normalized spacial score (nSPS) is 10.7. The Morgan fingerprint density at radius 2 is 2.09 bits per heavy atom. The smallest absolute Gasteiger partial charge is 0.259 e. The summed E-state index contributed by atoms with van der Waals surface area (Å²) in [5, 5.41) is 26.1. The van der Waals surface area contributed by atoms with Crippen LogP contribution in [-0.2, 0) is 4.79 Å². The molecule has 0 atom stereocenters. The van der Waals surface area contributed by atoms with Gasteiger partial charge in [-0.2, -0.15) is 5.10 Å². The van der Waals surface area contributed by atoms with Gasteiger partial charge >= 0.3 is 0 Å². The molecule has 0 bridgehead atoms. The Morgan fingerprint density at radius 3 is 2.83 bits per heavy atom. The van der Waals surface area contributed by atoms with Crippen LogP contribution in [0, 0.1) is 6.92 Å². The van der Waals surface area contributed by atoms with E-state index in [1.54, 1.807) is 12.1 Å². The predicted octanol–water partition coefficient (Wildman–Crippen LogP) is 2.62. The van der Waals surface area contributed by atoms with Crippen molar-refractivity contribution in [2.45, 2.75) is 6.92 Å². The van der Waals surface area contributed by atoms with Crippen molar-refractivity contribution in [3.63, 3.8) is 0 Å². The highest BCUT2D eigenvalue weighted by molar-refractivity contribution is 6.31. The fraction of sp³-hybridized carbons (Fsp3) is 0.125. The molecule has 2 rings (SSSR count). The van der Waals surface area contributed by atoms with Gasteiger partial charge in [0.2, 0.25) is 0 Å². The molecule has 0 aliphatic heterocycles. The quantitative estimate of drug-likeness (QED) is 0.500. The summed E-state index contributed by atoms with van der Waals surface area (Å²) in [5.41, 5.74) is 4.35. The van der Waals surface area contributed by atoms with Gasteiger partial charge in [0.15, 0.2) is 0 Å². The third-order valence-electron chi connectivity index (χ3n) is 3.11. The fourth-order valence-corrected chi connectivity index (χ4v) is 2.00. The van der Waals surface area contributed by atoms with Crippen molar-refractivity contribution in [2.24, 2.45) is 5.10 Å². The van der Waals surface area contributed by atoms with E-state index in [1.807, 2.05) is 13.0 Å². The topological polar surface area (TPSA) is 94.0 Å². The minimum atomic E-state index is -0.348. The first-order chi connectivity index (χ1) is 11.0. The molecule has 6 nitrogen and oxygen atoms in total. The molecule has 4 N–H and O–H groups in total. The van der Waals surface area contributed by atoms with Crippen molar-refractivity contribution in [1.29, 1.82) is 0 Å². The number of benzene rings is 2. The molecule has 0 aromatic heterocycles. The Labute approximate surface area is 138 Å². The summed E-state index contributed by atoms with van der Waals surface area (Å²) in [7, 11) is 0. The average molecular weight is 334 g/mol. The van der Waals surface area contributed by atoms with Crippen LogP contribution in [-0.4, -0.2) is 28.9 Å². The molecule has 0 heterocycles. The third kappa shape index (κ3) is 4.62. The molecule has 0 unspecified atom stereocenters. The van der Waals surface area contributed by atoms with Gasteiger partial charge in [0.05, 0.1) is 12.8 Å². The maximum Gasteiger partial charge on any atom is 0.259 e. The molecule has 0 fully saturated rings. The molecule has 0 saturated carbocycles. The molecular formula is C16H16ClN3O3. The van der Waals surface area contributed by atoms with E-state index >= 15 is 0 Å². The Kier molecular flexibility index (Phi) is 5.43. The molecule has 0 radical (unpaired) electrons. The number of halogens is 1. The van der Waals surface area contributed by atoms with Gasteiger partial charge in [-0.05, 0) is 36.8 Å². The van der Waals surface area contributed by atoms with Crippen LogP contribution < -0.4 is 10.7 Å².